The van der Waals surface area contributed by atoms with Crippen LogP contribution in [0.25, 0.3) is 0 Å². The van der Waals surface area contributed by atoms with Crippen LogP contribution in [0.15, 0.2) is 18.2 Å². The number of nitrogens with one attached hydrogen (secondary N) is 1. The molecule has 0 aromatic heterocycles. The van der Waals surface area contributed by atoms with Gasteiger partial charge in [-0.05, 0) is 24.6 Å². The van der Waals surface area contributed by atoms with Gasteiger partial charge in [0.1, 0.15) is 18.4 Å². The number of halogens is 1. The Balaban J connectivity index is 2.44. The number of hydrogen-bond donors (Lipinski definition) is 1. The maximum Gasteiger partial charge on any atom is 0.325 e. The third kappa shape index (κ3) is 4.42. The molecule has 0 heterocycles. The summed E-state index contributed by atoms with van der Waals surface area (Å²) in [6, 6.07) is 5.74. The molecule has 0 atom stereocenters. The fourth-order valence-electron chi connectivity index (χ4n) is 1.28. The van der Waals surface area contributed by atoms with Crippen LogP contribution >= 0.6 is 0 Å². The molecule has 0 fully saturated rings. The molecule has 1 aromatic carbocycles. The van der Waals surface area contributed by atoms with Crippen LogP contribution < -0.4 is 5.32 Å². The quantitative estimate of drug-likeness (QED) is 0.622. The van der Waals surface area contributed by atoms with E-state index in [-0.39, 0.29) is 18.1 Å². The van der Waals surface area contributed by atoms with E-state index in [1.165, 1.54) is 18.2 Å². The first-order valence-corrected chi connectivity index (χ1v) is 5.76. The van der Waals surface area contributed by atoms with Crippen LogP contribution in [0.2, 0.25) is 0 Å². The van der Waals surface area contributed by atoms with Gasteiger partial charge < -0.3 is 10.1 Å². The summed E-state index contributed by atoms with van der Waals surface area (Å²) >= 11 is 0. The SMILES string of the molecule is CCCCOC(=O)CNc1ccc(F)c(C#N)c1. The van der Waals surface area contributed by atoms with Gasteiger partial charge in [-0.3, -0.25) is 4.79 Å². The first-order chi connectivity index (χ1) is 8.67. The van der Waals surface area contributed by atoms with Gasteiger partial charge in [0.05, 0.1) is 12.2 Å². The summed E-state index contributed by atoms with van der Waals surface area (Å²) < 4.78 is 18.0. The molecule has 1 N–H and O–H groups in total. The number of anilines is 1. The van der Waals surface area contributed by atoms with E-state index in [1.54, 1.807) is 6.07 Å². The molecule has 18 heavy (non-hydrogen) atoms. The molecule has 5 heteroatoms. The Hall–Kier alpha value is -2.09. The van der Waals surface area contributed by atoms with Gasteiger partial charge in [0.2, 0.25) is 0 Å². The maximum absolute atomic E-state index is 13.0. The Morgan fingerprint density at radius 2 is 2.33 bits per heavy atom. The lowest BCUT2D eigenvalue weighted by Gasteiger charge is -2.07. The molecule has 0 bridgehead atoms. The summed E-state index contributed by atoms with van der Waals surface area (Å²) in [5.74, 6) is -0.945. The van der Waals surface area contributed by atoms with Gasteiger partial charge in [-0.15, -0.1) is 0 Å². The highest BCUT2D eigenvalue weighted by Gasteiger charge is 2.05. The standard InChI is InChI=1S/C13H15FN2O2/c1-2-3-6-18-13(17)9-16-11-4-5-12(14)10(7-11)8-15/h4-5,7,16H,2-3,6,9H2,1H3. The van der Waals surface area contributed by atoms with Crippen molar-refractivity contribution in [1.29, 1.82) is 5.26 Å². The van der Waals surface area contributed by atoms with Gasteiger partial charge in [-0.1, -0.05) is 13.3 Å². The average molecular weight is 250 g/mol. The fourth-order valence-corrected chi connectivity index (χ4v) is 1.28. The van der Waals surface area contributed by atoms with E-state index < -0.39 is 5.82 Å². The first-order valence-electron chi connectivity index (χ1n) is 5.76. The molecule has 0 aliphatic carbocycles. The van der Waals surface area contributed by atoms with Gasteiger partial charge >= 0.3 is 5.97 Å². The average Bonchev–Trinajstić information content (AvgIpc) is 2.38. The topological polar surface area (TPSA) is 62.1 Å². The summed E-state index contributed by atoms with van der Waals surface area (Å²) in [5, 5.41) is 11.4. The van der Waals surface area contributed by atoms with Crippen LogP contribution in [0.4, 0.5) is 10.1 Å². The number of ether oxygens (including phenoxy) is 1. The number of rotatable bonds is 6. The second kappa shape index (κ2) is 7.28. The molecule has 0 unspecified atom stereocenters. The Morgan fingerprint density at radius 3 is 3.00 bits per heavy atom. The number of carbonyl (C=O) groups is 1. The van der Waals surface area contributed by atoms with E-state index in [1.807, 2.05) is 6.92 Å². The zero-order valence-electron chi connectivity index (χ0n) is 10.2. The number of nitrogens with zero attached hydrogens (tertiary/aromatic N) is 1. The van der Waals surface area contributed by atoms with Crippen molar-refractivity contribution in [2.75, 3.05) is 18.5 Å². The van der Waals surface area contributed by atoms with Crippen molar-refractivity contribution in [3.05, 3.63) is 29.6 Å². The normalized spacial score (nSPS) is 9.61. The molecule has 96 valence electrons. The molecule has 0 spiro atoms. The van der Waals surface area contributed by atoms with Crippen LogP contribution in [-0.4, -0.2) is 19.1 Å². The minimum absolute atomic E-state index is 0.000214. The van der Waals surface area contributed by atoms with E-state index >= 15 is 0 Å². The largest absolute Gasteiger partial charge is 0.464 e. The van der Waals surface area contributed by atoms with E-state index in [0.29, 0.717) is 12.3 Å². The van der Waals surface area contributed by atoms with E-state index in [9.17, 15) is 9.18 Å². The number of esters is 1. The Kier molecular flexibility index (Phi) is 5.65. The van der Waals surface area contributed by atoms with Crippen molar-refractivity contribution < 1.29 is 13.9 Å². The molecule has 0 saturated heterocycles. The van der Waals surface area contributed by atoms with Crippen LogP contribution in [0.5, 0.6) is 0 Å². The van der Waals surface area contributed by atoms with Crippen LogP contribution in [0.3, 0.4) is 0 Å². The molecule has 0 aliphatic rings. The zero-order chi connectivity index (χ0) is 13.4. The highest BCUT2D eigenvalue weighted by molar-refractivity contribution is 5.75. The lowest BCUT2D eigenvalue weighted by Crippen LogP contribution is -2.17. The summed E-state index contributed by atoms with van der Waals surface area (Å²) in [6.07, 6.45) is 1.80. The molecule has 1 rings (SSSR count). The number of carbonyl (C=O) groups excluding carboxylic acids is 1. The van der Waals surface area contributed by atoms with Crippen LogP contribution in [-0.2, 0) is 9.53 Å². The minimum Gasteiger partial charge on any atom is -0.464 e. The van der Waals surface area contributed by atoms with Crippen molar-refractivity contribution in [2.45, 2.75) is 19.8 Å². The van der Waals surface area contributed by atoms with Gasteiger partial charge in [-0.25, -0.2) is 4.39 Å². The smallest absolute Gasteiger partial charge is 0.325 e. The number of nitriles is 1. The third-order valence-electron chi connectivity index (χ3n) is 2.28. The summed E-state index contributed by atoms with van der Waals surface area (Å²) in [7, 11) is 0. The van der Waals surface area contributed by atoms with Gasteiger partial charge in [-0.2, -0.15) is 5.26 Å². The van der Waals surface area contributed by atoms with Crippen molar-refractivity contribution in [2.24, 2.45) is 0 Å². The lowest BCUT2D eigenvalue weighted by molar-refractivity contribution is -0.141. The predicted octanol–water partition coefficient (Wildman–Crippen LogP) is 2.45. The zero-order valence-corrected chi connectivity index (χ0v) is 10.2. The predicted molar refractivity (Wildman–Crippen MR) is 65.5 cm³/mol. The van der Waals surface area contributed by atoms with E-state index in [4.69, 9.17) is 10.00 Å². The van der Waals surface area contributed by atoms with Crippen molar-refractivity contribution >= 4 is 11.7 Å². The molecular weight excluding hydrogens is 235 g/mol. The van der Waals surface area contributed by atoms with Gasteiger partial charge in [0.15, 0.2) is 0 Å². The molecule has 0 radical (unpaired) electrons. The molecule has 0 aliphatic heterocycles. The number of unbranched alkanes of at least 4 members (excludes halogenated alkanes) is 1. The number of benzene rings is 1. The highest BCUT2D eigenvalue weighted by Crippen LogP contribution is 2.13. The highest BCUT2D eigenvalue weighted by atomic mass is 19.1. The molecule has 0 amide bonds. The Bertz CT molecular complexity index is 455. The third-order valence-corrected chi connectivity index (χ3v) is 2.28. The summed E-state index contributed by atoms with van der Waals surface area (Å²) in [5.41, 5.74) is 0.458. The van der Waals surface area contributed by atoms with Crippen LogP contribution in [0, 0.1) is 17.1 Å². The molecule has 0 saturated carbocycles. The van der Waals surface area contributed by atoms with Crippen molar-refractivity contribution in [1.82, 2.24) is 0 Å². The van der Waals surface area contributed by atoms with Crippen molar-refractivity contribution in [3.8, 4) is 6.07 Å². The van der Waals surface area contributed by atoms with Crippen molar-refractivity contribution in [3.63, 3.8) is 0 Å². The van der Waals surface area contributed by atoms with E-state index in [0.717, 1.165) is 12.8 Å². The monoisotopic (exact) mass is 250 g/mol. The van der Waals surface area contributed by atoms with Gasteiger partial charge in [0, 0.05) is 5.69 Å². The molecule has 1 aromatic rings. The Labute approximate surface area is 105 Å². The molecule has 4 nitrogen and oxygen atoms in total. The fraction of sp³-hybridized carbons (Fsp3) is 0.385. The second-order valence-electron chi connectivity index (χ2n) is 3.73. The summed E-state index contributed by atoms with van der Waals surface area (Å²) in [4.78, 5) is 11.3. The summed E-state index contributed by atoms with van der Waals surface area (Å²) in [6.45, 7) is 2.41. The van der Waals surface area contributed by atoms with Gasteiger partial charge in [0.25, 0.3) is 0 Å². The first kappa shape index (κ1) is 14.0. The lowest BCUT2D eigenvalue weighted by atomic mass is 10.2. The molecular formula is C13H15FN2O2. The second-order valence-corrected chi connectivity index (χ2v) is 3.73. The van der Waals surface area contributed by atoms with E-state index in [2.05, 4.69) is 5.32 Å². The Morgan fingerprint density at radius 1 is 1.56 bits per heavy atom. The minimum atomic E-state index is -0.575. The maximum atomic E-state index is 13.0. The van der Waals surface area contributed by atoms with Crippen LogP contribution in [0.1, 0.15) is 25.3 Å². The number of hydrogen-bond acceptors (Lipinski definition) is 4.